The number of hydrogen-bond acceptors (Lipinski definition) is 1. The lowest BCUT2D eigenvalue weighted by molar-refractivity contribution is 0.102. The molecule has 0 spiro atoms. The van der Waals surface area contributed by atoms with E-state index < -0.39 is 0 Å². The van der Waals surface area contributed by atoms with Gasteiger partial charge in [0.25, 0.3) is 5.91 Å². The van der Waals surface area contributed by atoms with Crippen molar-refractivity contribution in [1.82, 2.24) is 0 Å². The number of carbonyl (C=O) groups is 1. The van der Waals surface area contributed by atoms with Crippen LogP contribution >= 0.6 is 38.5 Å². The van der Waals surface area contributed by atoms with E-state index in [1.807, 2.05) is 25.1 Å². The van der Waals surface area contributed by atoms with Crippen LogP contribution in [0.5, 0.6) is 0 Å². The molecule has 0 heterocycles. The first-order valence-corrected chi connectivity index (χ1v) is 7.37. The van der Waals surface area contributed by atoms with Crippen LogP contribution in [0.1, 0.15) is 15.9 Å². The summed E-state index contributed by atoms with van der Waals surface area (Å²) in [5.74, 6) is -0.647. The fourth-order valence-corrected chi connectivity index (χ4v) is 2.64. The molecule has 0 saturated heterocycles. The predicted molar refractivity (Wildman–Crippen MR) is 85.9 cm³/mol. The first kappa shape index (κ1) is 14.5. The molecular formula is C14H10BrFINO. The summed E-state index contributed by atoms with van der Waals surface area (Å²) in [7, 11) is 0. The highest BCUT2D eigenvalue weighted by Crippen LogP contribution is 2.23. The normalized spacial score (nSPS) is 10.3. The van der Waals surface area contributed by atoms with Gasteiger partial charge in [-0.1, -0.05) is 6.07 Å². The van der Waals surface area contributed by atoms with Crippen molar-refractivity contribution in [3.05, 3.63) is 61.4 Å². The van der Waals surface area contributed by atoms with Crippen LogP contribution in [0, 0.1) is 16.3 Å². The predicted octanol–water partition coefficient (Wildman–Crippen LogP) is 4.75. The van der Waals surface area contributed by atoms with Gasteiger partial charge in [-0.15, -0.1) is 0 Å². The number of carbonyl (C=O) groups excluding carboxylic acids is 1. The summed E-state index contributed by atoms with van der Waals surface area (Å²) >= 11 is 5.40. The Morgan fingerprint density at radius 1 is 1.32 bits per heavy atom. The van der Waals surface area contributed by atoms with Crippen molar-refractivity contribution < 1.29 is 9.18 Å². The fourth-order valence-electron chi connectivity index (χ4n) is 1.61. The molecule has 2 aromatic carbocycles. The maximum atomic E-state index is 13.0. The van der Waals surface area contributed by atoms with Crippen molar-refractivity contribution in [1.29, 1.82) is 0 Å². The van der Waals surface area contributed by atoms with Gasteiger partial charge in [-0.25, -0.2) is 4.39 Å². The van der Waals surface area contributed by atoms with Crippen LogP contribution in [-0.4, -0.2) is 5.91 Å². The zero-order chi connectivity index (χ0) is 14.0. The summed E-state index contributed by atoms with van der Waals surface area (Å²) in [5, 5.41) is 2.83. The van der Waals surface area contributed by atoms with Crippen molar-refractivity contribution in [3.63, 3.8) is 0 Å². The molecular weight excluding hydrogens is 424 g/mol. The van der Waals surface area contributed by atoms with Gasteiger partial charge in [0.1, 0.15) is 5.82 Å². The first-order valence-electron chi connectivity index (χ1n) is 5.50. The van der Waals surface area contributed by atoms with Gasteiger partial charge in [0.15, 0.2) is 0 Å². The van der Waals surface area contributed by atoms with Gasteiger partial charge in [-0.2, -0.15) is 0 Å². The molecule has 0 fully saturated rings. The van der Waals surface area contributed by atoms with E-state index in [1.165, 1.54) is 18.2 Å². The Kier molecular flexibility index (Phi) is 4.57. The molecule has 19 heavy (non-hydrogen) atoms. The monoisotopic (exact) mass is 433 g/mol. The molecule has 0 radical (unpaired) electrons. The highest BCUT2D eigenvalue weighted by molar-refractivity contribution is 14.1. The average Bonchev–Trinajstić information content (AvgIpc) is 2.34. The summed E-state index contributed by atoms with van der Waals surface area (Å²) in [6.07, 6.45) is 0. The zero-order valence-electron chi connectivity index (χ0n) is 10.0. The maximum absolute atomic E-state index is 13.0. The van der Waals surface area contributed by atoms with Crippen LogP contribution in [-0.2, 0) is 0 Å². The minimum absolute atomic E-state index is 0.267. The van der Waals surface area contributed by atoms with Crippen LogP contribution in [0.25, 0.3) is 0 Å². The van der Waals surface area contributed by atoms with Gasteiger partial charge in [-0.3, -0.25) is 4.79 Å². The van der Waals surface area contributed by atoms with E-state index in [2.05, 4.69) is 43.8 Å². The van der Waals surface area contributed by atoms with E-state index in [0.29, 0.717) is 10.0 Å². The molecule has 0 unspecified atom stereocenters. The molecule has 0 aliphatic carbocycles. The Balaban J connectivity index is 2.28. The molecule has 0 atom stereocenters. The topological polar surface area (TPSA) is 29.1 Å². The molecule has 2 aromatic rings. The third-order valence-corrected chi connectivity index (χ3v) is 4.52. The second-order valence-corrected chi connectivity index (χ2v) is 6.01. The van der Waals surface area contributed by atoms with E-state index in [1.54, 1.807) is 0 Å². The van der Waals surface area contributed by atoms with Gasteiger partial charge in [0, 0.05) is 13.7 Å². The van der Waals surface area contributed by atoms with E-state index in [4.69, 9.17) is 0 Å². The second-order valence-electron chi connectivity index (χ2n) is 3.99. The lowest BCUT2D eigenvalue weighted by Crippen LogP contribution is -2.13. The molecule has 0 aliphatic heterocycles. The zero-order valence-corrected chi connectivity index (χ0v) is 13.7. The summed E-state index contributed by atoms with van der Waals surface area (Å²) < 4.78 is 14.5. The second kappa shape index (κ2) is 6.00. The van der Waals surface area contributed by atoms with Gasteiger partial charge in [0.2, 0.25) is 0 Å². The molecule has 98 valence electrons. The smallest absolute Gasteiger partial charge is 0.256 e. The number of anilines is 1. The number of benzene rings is 2. The maximum Gasteiger partial charge on any atom is 0.256 e. The van der Waals surface area contributed by atoms with Gasteiger partial charge < -0.3 is 5.32 Å². The molecule has 2 nitrogen and oxygen atoms in total. The third kappa shape index (κ3) is 3.33. The van der Waals surface area contributed by atoms with Crippen LogP contribution in [0.15, 0.2) is 40.9 Å². The average molecular weight is 434 g/mol. The van der Waals surface area contributed by atoms with Gasteiger partial charge in [-0.05, 0) is 81.3 Å². The summed E-state index contributed by atoms with van der Waals surface area (Å²) in [6.45, 7) is 1.94. The lowest BCUT2D eigenvalue weighted by atomic mass is 10.1. The number of amides is 1. The van der Waals surface area contributed by atoms with Crippen molar-refractivity contribution in [2.24, 2.45) is 0 Å². The molecule has 0 aliphatic rings. The van der Waals surface area contributed by atoms with Crippen LogP contribution in [0.2, 0.25) is 0 Å². The van der Waals surface area contributed by atoms with E-state index in [0.717, 1.165) is 14.8 Å². The summed E-state index contributed by atoms with van der Waals surface area (Å²) in [6, 6.07) is 9.69. The van der Waals surface area contributed by atoms with Crippen molar-refractivity contribution >= 4 is 50.1 Å². The van der Waals surface area contributed by atoms with Gasteiger partial charge in [0.05, 0.1) is 5.56 Å². The van der Waals surface area contributed by atoms with Crippen molar-refractivity contribution in [2.45, 2.75) is 6.92 Å². The van der Waals surface area contributed by atoms with E-state index >= 15 is 0 Å². The Morgan fingerprint density at radius 2 is 2.05 bits per heavy atom. The number of rotatable bonds is 2. The standard InChI is InChI=1S/C14H10BrFINO/c1-8-12(17)3-2-4-13(8)18-14(19)10-6-5-9(16)7-11(10)15/h2-7H,1H3,(H,18,19). The Hall–Kier alpha value is -0.950. The van der Waals surface area contributed by atoms with E-state index in [9.17, 15) is 9.18 Å². The number of hydrogen-bond donors (Lipinski definition) is 1. The number of halogens is 3. The highest BCUT2D eigenvalue weighted by atomic mass is 127. The Morgan fingerprint density at radius 3 is 2.74 bits per heavy atom. The molecule has 2 rings (SSSR count). The van der Waals surface area contributed by atoms with Crippen LogP contribution in [0.3, 0.4) is 0 Å². The molecule has 5 heteroatoms. The Labute approximate surface area is 132 Å². The molecule has 0 aromatic heterocycles. The van der Waals surface area contributed by atoms with Crippen molar-refractivity contribution in [3.8, 4) is 0 Å². The van der Waals surface area contributed by atoms with Crippen molar-refractivity contribution in [2.75, 3.05) is 5.32 Å². The largest absolute Gasteiger partial charge is 0.322 e. The first-order chi connectivity index (χ1) is 8.99. The third-order valence-electron chi connectivity index (χ3n) is 2.69. The summed E-state index contributed by atoms with van der Waals surface area (Å²) in [4.78, 5) is 12.1. The van der Waals surface area contributed by atoms with E-state index in [-0.39, 0.29) is 11.7 Å². The lowest BCUT2D eigenvalue weighted by Gasteiger charge is -2.10. The van der Waals surface area contributed by atoms with Crippen LogP contribution < -0.4 is 5.32 Å². The molecule has 1 N–H and O–H groups in total. The SMILES string of the molecule is Cc1c(I)cccc1NC(=O)c1ccc(F)cc1Br. The summed E-state index contributed by atoms with van der Waals surface area (Å²) in [5.41, 5.74) is 2.17. The Bertz CT molecular complexity index is 645. The molecule has 0 saturated carbocycles. The number of nitrogens with one attached hydrogen (secondary N) is 1. The minimum atomic E-state index is -0.381. The highest BCUT2D eigenvalue weighted by Gasteiger charge is 2.12. The quantitative estimate of drug-likeness (QED) is 0.680. The molecule has 0 bridgehead atoms. The fraction of sp³-hybridized carbons (Fsp3) is 0.0714. The van der Waals surface area contributed by atoms with Crippen LogP contribution in [0.4, 0.5) is 10.1 Å². The molecule has 1 amide bonds. The minimum Gasteiger partial charge on any atom is -0.322 e. The van der Waals surface area contributed by atoms with Gasteiger partial charge >= 0.3 is 0 Å².